The number of benzene rings is 1. The molecule has 10 heteroatoms. The van der Waals surface area contributed by atoms with Crippen LogP contribution in [0.25, 0.3) is 10.4 Å². The number of halogens is 1. The summed E-state index contributed by atoms with van der Waals surface area (Å²) in [6.45, 7) is 5.51. The number of aryl methyl sites for hydroxylation is 1. The number of carbonyl (C=O) groups is 2. The van der Waals surface area contributed by atoms with E-state index in [2.05, 4.69) is 15.5 Å². The topological polar surface area (TPSA) is 109 Å². The third-order valence-corrected chi connectivity index (χ3v) is 7.04. The number of carbonyl (C=O) groups excluding carboxylic acids is 2. The molecule has 0 aliphatic carbocycles. The maximum absolute atomic E-state index is 14.9. The third kappa shape index (κ3) is 4.74. The molecular formula is C24H27FN4O4S. The molecular weight excluding hydrogens is 459 g/mol. The van der Waals surface area contributed by atoms with Gasteiger partial charge in [-0.25, -0.2) is 9.37 Å². The van der Waals surface area contributed by atoms with E-state index in [1.54, 1.807) is 22.9 Å². The molecule has 1 fully saturated rings. The van der Waals surface area contributed by atoms with Crippen LogP contribution >= 0.6 is 11.3 Å². The van der Waals surface area contributed by atoms with Crippen LogP contribution < -0.4 is 5.32 Å². The normalized spacial score (nSPS) is 21.1. The van der Waals surface area contributed by atoms with Gasteiger partial charge in [0.2, 0.25) is 11.8 Å². The smallest absolute Gasteiger partial charge is 0.246 e. The lowest BCUT2D eigenvalue weighted by Crippen LogP contribution is -2.50. The van der Waals surface area contributed by atoms with Gasteiger partial charge in [0.1, 0.15) is 23.8 Å². The molecule has 3 heterocycles. The van der Waals surface area contributed by atoms with Crippen LogP contribution in [-0.4, -0.2) is 56.8 Å². The molecule has 0 spiro atoms. The van der Waals surface area contributed by atoms with Crippen LogP contribution in [0.5, 0.6) is 0 Å². The Kier molecular flexibility index (Phi) is 7.08. The molecule has 0 radical (unpaired) electrons. The maximum atomic E-state index is 14.9. The van der Waals surface area contributed by atoms with Crippen molar-refractivity contribution in [2.45, 2.75) is 51.6 Å². The second kappa shape index (κ2) is 10.0. The Hall–Kier alpha value is -3.11. The average Bonchev–Trinajstić information content (AvgIpc) is 3.54. The number of β-amino-alcohol motifs (C(OH)–C–C–N with tert-alkyl or cyclic N) is 1. The number of hydrogen-bond acceptors (Lipinski definition) is 7. The Labute approximate surface area is 200 Å². The van der Waals surface area contributed by atoms with E-state index in [0.29, 0.717) is 5.76 Å². The molecule has 1 aromatic carbocycles. The van der Waals surface area contributed by atoms with E-state index in [1.165, 1.54) is 6.20 Å². The summed E-state index contributed by atoms with van der Waals surface area (Å²) < 4.78 is 20.1. The van der Waals surface area contributed by atoms with Crippen LogP contribution in [0.3, 0.4) is 0 Å². The molecule has 2 N–H and O–H groups in total. The zero-order valence-corrected chi connectivity index (χ0v) is 20.0. The number of aliphatic hydroxyl groups is 1. The van der Waals surface area contributed by atoms with Crippen molar-refractivity contribution in [1.29, 1.82) is 0 Å². The van der Waals surface area contributed by atoms with Crippen LogP contribution in [-0.2, 0) is 16.1 Å². The fraction of sp³-hybridized carbons (Fsp3) is 0.417. The number of hydrogen-bond donors (Lipinski definition) is 2. The lowest BCUT2D eigenvalue weighted by Gasteiger charge is -2.29. The summed E-state index contributed by atoms with van der Waals surface area (Å²) in [5.41, 5.74) is 4.60. The standard InChI is InChI=1S/C24H27FN4O4S/c1-13(2)19(18-8-9-28-33-18)24(32)29-11-17(30)20(25)21(29)23(31)26-10-15-4-6-16(7-5-15)22-14(3)27-12-34-22/h4-9,12-13,17,19-21,30H,10-11H2,1-3H3,(H,26,31)/t17-,19+,20-,21-/m0/s1. The highest BCUT2D eigenvalue weighted by Gasteiger charge is 2.49. The Morgan fingerprint density at radius 1 is 1.29 bits per heavy atom. The molecule has 1 aliphatic rings. The van der Waals surface area contributed by atoms with Crippen LogP contribution in [0.4, 0.5) is 4.39 Å². The number of amides is 2. The molecule has 34 heavy (non-hydrogen) atoms. The first-order valence-corrected chi connectivity index (χ1v) is 12.0. The average molecular weight is 487 g/mol. The summed E-state index contributed by atoms with van der Waals surface area (Å²) in [5, 5.41) is 16.5. The Morgan fingerprint density at radius 3 is 2.62 bits per heavy atom. The predicted molar refractivity (Wildman–Crippen MR) is 125 cm³/mol. The summed E-state index contributed by atoms with van der Waals surface area (Å²) >= 11 is 1.56. The second-order valence-corrected chi connectivity index (χ2v) is 9.62. The van der Waals surface area contributed by atoms with Crippen LogP contribution in [0.1, 0.15) is 36.8 Å². The number of aliphatic hydroxyl groups excluding tert-OH is 1. The summed E-state index contributed by atoms with van der Waals surface area (Å²) in [5.74, 6) is -1.71. The number of aromatic nitrogens is 2. The van der Waals surface area contributed by atoms with Crippen LogP contribution in [0, 0.1) is 12.8 Å². The van der Waals surface area contributed by atoms with E-state index < -0.39 is 36.0 Å². The summed E-state index contributed by atoms with van der Waals surface area (Å²) in [4.78, 5) is 32.7. The van der Waals surface area contributed by atoms with Gasteiger partial charge < -0.3 is 19.8 Å². The van der Waals surface area contributed by atoms with E-state index in [1.807, 2.05) is 45.0 Å². The van der Waals surface area contributed by atoms with Gasteiger partial charge in [0.05, 0.1) is 28.8 Å². The van der Waals surface area contributed by atoms with Gasteiger partial charge in [-0.3, -0.25) is 9.59 Å². The molecule has 2 aromatic heterocycles. The SMILES string of the molecule is Cc1ncsc1-c1ccc(CNC(=O)[C@@H]2[C@@H](F)[C@@H](O)CN2C(=O)[C@@H](c2ccno2)C(C)C)cc1. The van der Waals surface area contributed by atoms with Crippen molar-refractivity contribution in [2.24, 2.45) is 5.92 Å². The van der Waals surface area contributed by atoms with Crippen LogP contribution in [0.2, 0.25) is 0 Å². The molecule has 180 valence electrons. The van der Waals surface area contributed by atoms with Crippen LogP contribution in [0.15, 0.2) is 46.6 Å². The molecule has 0 unspecified atom stereocenters. The molecule has 0 saturated carbocycles. The lowest BCUT2D eigenvalue weighted by molar-refractivity contribution is -0.142. The van der Waals surface area contributed by atoms with Crippen molar-refractivity contribution in [2.75, 3.05) is 6.54 Å². The minimum absolute atomic E-state index is 0.165. The minimum Gasteiger partial charge on any atom is -0.388 e. The first-order chi connectivity index (χ1) is 16.3. The first-order valence-electron chi connectivity index (χ1n) is 11.1. The monoisotopic (exact) mass is 486 g/mol. The molecule has 0 bridgehead atoms. The second-order valence-electron chi connectivity index (χ2n) is 8.77. The zero-order valence-electron chi connectivity index (χ0n) is 19.1. The molecule has 8 nitrogen and oxygen atoms in total. The largest absolute Gasteiger partial charge is 0.388 e. The van der Waals surface area contributed by atoms with E-state index in [4.69, 9.17) is 4.52 Å². The number of nitrogens with zero attached hydrogens (tertiary/aromatic N) is 3. The van der Waals surface area contributed by atoms with Crippen molar-refractivity contribution < 1.29 is 23.6 Å². The summed E-state index contributed by atoms with van der Waals surface area (Å²) in [6, 6.07) is 7.80. The zero-order chi connectivity index (χ0) is 24.4. The number of likely N-dealkylation sites (tertiary alicyclic amines) is 1. The molecule has 4 atom stereocenters. The fourth-order valence-corrected chi connectivity index (χ4v) is 5.07. The lowest BCUT2D eigenvalue weighted by atomic mass is 9.91. The van der Waals surface area contributed by atoms with Gasteiger partial charge in [-0.1, -0.05) is 43.3 Å². The fourth-order valence-electron chi connectivity index (χ4n) is 4.26. The predicted octanol–water partition coefficient (Wildman–Crippen LogP) is 3.07. The van der Waals surface area contributed by atoms with Gasteiger partial charge in [-0.15, -0.1) is 11.3 Å². The number of thiazole rings is 1. The minimum atomic E-state index is -1.89. The van der Waals surface area contributed by atoms with E-state index >= 15 is 0 Å². The number of rotatable bonds is 7. The van der Waals surface area contributed by atoms with Gasteiger partial charge in [0.15, 0.2) is 6.17 Å². The summed E-state index contributed by atoms with van der Waals surface area (Å²) in [6.07, 6.45) is -1.90. The molecule has 2 amide bonds. The molecule has 4 rings (SSSR count). The highest BCUT2D eigenvalue weighted by Crippen LogP contribution is 2.32. The molecule has 1 aliphatic heterocycles. The Morgan fingerprint density at radius 2 is 2.03 bits per heavy atom. The number of alkyl halides is 1. The highest BCUT2D eigenvalue weighted by atomic mass is 32.1. The molecule has 1 saturated heterocycles. The first kappa shape index (κ1) is 24.0. The molecule has 3 aromatic rings. The van der Waals surface area contributed by atoms with Crippen molar-refractivity contribution in [3.8, 4) is 10.4 Å². The van der Waals surface area contributed by atoms with Gasteiger partial charge in [0.25, 0.3) is 0 Å². The van der Waals surface area contributed by atoms with Gasteiger partial charge in [-0.05, 0) is 24.0 Å². The van der Waals surface area contributed by atoms with Gasteiger partial charge in [-0.2, -0.15) is 0 Å². The third-order valence-electron chi connectivity index (χ3n) is 6.07. The number of nitrogens with one attached hydrogen (secondary N) is 1. The maximum Gasteiger partial charge on any atom is 0.246 e. The van der Waals surface area contributed by atoms with Crippen molar-refractivity contribution in [3.05, 3.63) is 59.1 Å². The quantitative estimate of drug-likeness (QED) is 0.531. The van der Waals surface area contributed by atoms with E-state index in [0.717, 1.165) is 26.6 Å². The van der Waals surface area contributed by atoms with E-state index in [-0.39, 0.29) is 19.0 Å². The van der Waals surface area contributed by atoms with E-state index in [9.17, 15) is 19.1 Å². The van der Waals surface area contributed by atoms with Crippen molar-refractivity contribution in [3.63, 3.8) is 0 Å². The van der Waals surface area contributed by atoms with Crippen molar-refractivity contribution in [1.82, 2.24) is 20.4 Å². The van der Waals surface area contributed by atoms with Gasteiger partial charge >= 0.3 is 0 Å². The summed E-state index contributed by atoms with van der Waals surface area (Å²) in [7, 11) is 0. The Balaban J connectivity index is 1.46. The van der Waals surface area contributed by atoms with Gasteiger partial charge in [0, 0.05) is 12.6 Å². The van der Waals surface area contributed by atoms with Crippen molar-refractivity contribution >= 4 is 23.2 Å². The Bertz CT molecular complexity index is 1130. The highest BCUT2D eigenvalue weighted by molar-refractivity contribution is 7.13.